The average Bonchev–Trinajstić information content (AvgIpc) is 1.73. The Balaban J connectivity index is 0. The van der Waals surface area contributed by atoms with E-state index in [1.807, 2.05) is 0 Å². The average molecular weight is 111 g/mol. The zero-order valence-electron chi connectivity index (χ0n) is 3.47. The van der Waals surface area contributed by atoms with Crippen molar-refractivity contribution in [2.24, 2.45) is 5.73 Å². The predicted octanol–water partition coefficient (Wildman–Crippen LogP) is -0.541. The van der Waals surface area contributed by atoms with Crippen LogP contribution < -0.4 is 5.73 Å². The number of amides is 1. The molecule has 0 aromatic carbocycles. The molecule has 0 spiro atoms. The lowest BCUT2D eigenvalue weighted by atomic mass is 10.7. The first-order valence-corrected chi connectivity index (χ1v) is 1.31. The SMILES string of the molecule is NC(=O)CF.OO. The zero-order valence-corrected chi connectivity index (χ0v) is 3.47. The summed E-state index contributed by atoms with van der Waals surface area (Å²) in [6.07, 6.45) is 0. The molecule has 1 amide bonds. The zero-order chi connectivity index (χ0) is 6.28. The smallest absolute Gasteiger partial charge is 0.248 e. The lowest BCUT2D eigenvalue weighted by Crippen LogP contribution is -2.11. The minimum absolute atomic E-state index is 0.912. The maximum absolute atomic E-state index is 10.6. The quantitative estimate of drug-likeness (QED) is 0.314. The number of primary amides is 1. The molecule has 0 rings (SSSR count). The number of carbonyl (C=O) groups is 1. The van der Waals surface area contributed by atoms with Crippen LogP contribution in [-0.4, -0.2) is 23.1 Å². The molecule has 5 heteroatoms. The van der Waals surface area contributed by atoms with Crippen molar-refractivity contribution in [2.75, 3.05) is 6.67 Å². The first-order valence-electron chi connectivity index (χ1n) is 1.31. The van der Waals surface area contributed by atoms with Crippen molar-refractivity contribution in [3.63, 3.8) is 0 Å². The molecule has 4 N–H and O–H groups in total. The Morgan fingerprint density at radius 3 is 1.86 bits per heavy atom. The summed E-state index contributed by atoms with van der Waals surface area (Å²) < 4.78 is 10.6. The fraction of sp³-hybridized carbons (Fsp3) is 0.500. The first-order chi connectivity index (χ1) is 3.27. The second-order valence-corrected chi connectivity index (χ2v) is 0.600. The summed E-state index contributed by atoms with van der Waals surface area (Å²) in [4.78, 5) is 9.22. The fourth-order valence-electron chi connectivity index (χ4n) is 0. The van der Waals surface area contributed by atoms with Gasteiger partial charge in [-0.15, -0.1) is 0 Å². The standard InChI is InChI=1S/C2H4FNO.H2O2/c3-1-2(4)5;1-2/h1H2,(H2,4,5);1-2H. The number of alkyl halides is 1. The van der Waals surface area contributed by atoms with Gasteiger partial charge in [0, 0.05) is 0 Å². The van der Waals surface area contributed by atoms with Gasteiger partial charge in [-0.3, -0.25) is 15.3 Å². The molecule has 0 aromatic heterocycles. The van der Waals surface area contributed by atoms with E-state index < -0.39 is 12.6 Å². The second-order valence-electron chi connectivity index (χ2n) is 0.600. The van der Waals surface area contributed by atoms with Gasteiger partial charge in [0.2, 0.25) is 5.91 Å². The van der Waals surface area contributed by atoms with Gasteiger partial charge in [-0.1, -0.05) is 0 Å². The van der Waals surface area contributed by atoms with Crippen molar-refractivity contribution in [2.45, 2.75) is 0 Å². The van der Waals surface area contributed by atoms with Crippen LogP contribution in [0.25, 0.3) is 0 Å². The highest BCUT2D eigenvalue weighted by molar-refractivity contribution is 5.74. The third-order valence-corrected chi connectivity index (χ3v) is 0.132. The Morgan fingerprint density at radius 1 is 1.71 bits per heavy atom. The summed E-state index contributed by atoms with van der Waals surface area (Å²) in [7, 11) is 0. The van der Waals surface area contributed by atoms with Crippen molar-refractivity contribution >= 4 is 5.91 Å². The molecule has 0 bridgehead atoms. The maximum atomic E-state index is 10.6. The number of hydrogen-bond donors (Lipinski definition) is 3. The van der Waals surface area contributed by atoms with Crippen LogP contribution in [0.15, 0.2) is 0 Å². The largest absolute Gasteiger partial charge is 0.367 e. The lowest BCUT2D eigenvalue weighted by molar-refractivity contribution is -0.176. The van der Waals surface area contributed by atoms with Gasteiger partial charge < -0.3 is 5.73 Å². The minimum atomic E-state index is -1.06. The molecule has 0 aliphatic rings. The number of halogens is 1. The summed E-state index contributed by atoms with van der Waals surface area (Å²) in [5.74, 6) is -0.912. The molecule has 0 aromatic rings. The molecule has 0 radical (unpaired) electrons. The van der Waals surface area contributed by atoms with E-state index in [2.05, 4.69) is 5.73 Å². The van der Waals surface area contributed by atoms with Crippen LogP contribution in [0.2, 0.25) is 0 Å². The Kier molecular flexibility index (Phi) is 12.3. The molecule has 0 saturated carbocycles. The van der Waals surface area contributed by atoms with Gasteiger partial charge in [0.1, 0.15) is 0 Å². The van der Waals surface area contributed by atoms with Gasteiger partial charge in [-0.05, 0) is 0 Å². The molecule has 4 nitrogen and oxygen atoms in total. The lowest BCUT2D eigenvalue weighted by Gasteiger charge is -1.70. The molecule has 0 fully saturated rings. The predicted molar refractivity (Wildman–Crippen MR) is 20.4 cm³/mol. The molecule has 0 aliphatic heterocycles. The highest BCUT2D eigenvalue weighted by Crippen LogP contribution is 1.55. The highest BCUT2D eigenvalue weighted by atomic mass is 19.1. The van der Waals surface area contributed by atoms with E-state index in [4.69, 9.17) is 10.5 Å². The molecule has 0 atom stereocenters. The summed E-state index contributed by atoms with van der Waals surface area (Å²) >= 11 is 0. The normalized spacial score (nSPS) is 6.14. The highest BCUT2D eigenvalue weighted by Gasteiger charge is 1.81. The summed E-state index contributed by atoms with van der Waals surface area (Å²) in [5.41, 5.74) is 4.28. The molecule has 0 aliphatic carbocycles. The molecular formula is C2H6FNO3. The topological polar surface area (TPSA) is 83.6 Å². The number of hydrogen-bond acceptors (Lipinski definition) is 3. The van der Waals surface area contributed by atoms with Crippen molar-refractivity contribution in [3.8, 4) is 0 Å². The summed E-state index contributed by atoms with van der Waals surface area (Å²) in [5, 5.41) is 12.0. The van der Waals surface area contributed by atoms with E-state index in [9.17, 15) is 9.18 Å². The Bertz CT molecular complexity index is 48.2. The van der Waals surface area contributed by atoms with Crippen LogP contribution in [0.4, 0.5) is 4.39 Å². The fourth-order valence-corrected chi connectivity index (χ4v) is 0. The van der Waals surface area contributed by atoms with Crippen LogP contribution in [-0.2, 0) is 4.79 Å². The van der Waals surface area contributed by atoms with E-state index in [0.717, 1.165) is 0 Å². The Labute approximate surface area is 39.3 Å². The molecule has 7 heavy (non-hydrogen) atoms. The monoisotopic (exact) mass is 111 g/mol. The third kappa shape index (κ3) is 33.7. The Hall–Kier alpha value is -0.680. The molecule has 0 saturated heterocycles. The third-order valence-electron chi connectivity index (χ3n) is 0.132. The van der Waals surface area contributed by atoms with Crippen LogP contribution >= 0.6 is 0 Å². The minimum Gasteiger partial charge on any atom is -0.367 e. The van der Waals surface area contributed by atoms with Gasteiger partial charge in [-0.25, -0.2) is 4.39 Å². The van der Waals surface area contributed by atoms with Crippen molar-refractivity contribution in [1.82, 2.24) is 0 Å². The number of carbonyl (C=O) groups excluding carboxylic acids is 1. The van der Waals surface area contributed by atoms with Crippen molar-refractivity contribution < 1.29 is 19.7 Å². The van der Waals surface area contributed by atoms with Crippen LogP contribution in [0.3, 0.4) is 0 Å². The first kappa shape index (κ1) is 9.58. The van der Waals surface area contributed by atoms with Gasteiger partial charge in [0.15, 0.2) is 6.67 Å². The summed E-state index contributed by atoms with van der Waals surface area (Å²) in [6.45, 7) is -1.06. The van der Waals surface area contributed by atoms with E-state index in [1.165, 1.54) is 0 Å². The van der Waals surface area contributed by atoms with Gasteiger partial charge in [0.25, 0.3) is 0 Å². The number of nitrogens with two attached hydrogens (primary N) is 1. The maximum Gasteiger partial charge on any atom is 0.248 e. The van der Waals surface area contributed by atoms with Crippen LogP contribution in [0.1, 0.15) is 0 Å². The van der Waals surface area contributed by atoms with Gasteiger partial charge >= 0.3 is 0 Å². The Morgan fingerprint density at radius 2 is 1.86 bits per heavy atom. The van der Waals surface area contributed by atoms with Crippen LogP contribution in [0, 0.1) is 0 Å². The summed E-state index contributed by atoms with van der Waals surface area (Å²) in [6, 6.07) is 0. The van der Waals surface area contributed by atoms with E-state index in [0.29, 0.717) is 0 Å². The van der Waals surface area contributed by atoms with Gasteiger partial charge in [-0.2, -0.15) is 0 Å². The molecule has 0 heterocycles. The van der Waals surface area contributed by atoms with Crippen LogP contribution in [0.5, 0.6) is 0 Å². The van der Waals surface area contributed by atoms with Gasteiger partial charge in [0.05, 0.1) is 0 Å². The van der Waals surface area contributed by atoms with E-state index in [-0.39, 0.29) is 0 Å². The second kappa shape index (κ2) is 9.01. The molecule has 44 valence electrons. The number of rotatable bonds is 1. The van der Waals surface area contributed by atoms with E-state index in [1.54, 1.807) is 0 Å². The van der Waals surface area contributed by atoms with Crippen molar-refractivity contribution in [1.29, 1.82) is 0 Å². The molecular weight excluding hydrogens is 105 g/mol. The van der Waals surface area contributed by atoms with Crippen molar-refractivity contribution in [3.05, 3.63) is 0 Å². The van der Waals surface area contributed by atoms with E-state index >= 15 is 0 Å². The molecule has 0 unspecified atom stereocenters.